The van der Waals surface area contributed by atoms with E-state index >= 15 is 0 Å². The zero-order chi connectivity index (χ0) is 14.3. The summed E-state index contributed by atoms with van der Waals surface area (Å²) >= 11 is 6.34. The predicted molar refractivity (Wildman–Crippen MR) is 79.8 cm³/mol. The van der Waals surface area contributed by atoms with Gasteiger partial charge in [-0.25, -0.2) is 0 Å². The van der Waals surface area contributed by atoms with Crippen LogP contribution >= 0.6 is 11.6 Å². The molecule has 20 heavy (non-hydrogen) atoms. The lowest BCUT2D eigenvalue weighted by Crippen LogP contribution is -2.53. The Bertz CT molecular complexity index is 502. The molecule has 1 aliphatic carbocycles. The van der Waals surface area contributed by atoms with Gasteiger partial charge in [0, 0.05) is 32.6 Å². The maximum absolute atomic E-state index is 10.7. The fourth-order valence-electron chi connectivity index (χ4n) is 3.85. The Labute approximate surface area is 125 Å². The summed E-state index contributed by atoms with van der Waals surface area (Å²) in [6, 6.07) is 0. The van der Waals surface area contributed by atoms with Gasteiger partial charge in [-0.1, -0.05) is 24.4 Å². The van der Waals surface area contributed by atoms with Crippen molar-refractivity contribution in [2.45, 2.75) is 51.2 Å². The SMILES string of the molecule is Cc1nn(C)c(CN2CCC3(O)CCCCC3C2)c1Cl. The highest BCUT2D eigenvalue weighted by atomic mass is 35.5. The maximum atomic E-state index is 10.7. The molecule has 2 heterocycles. The van der Waals surface area contributed by atoms with Crippen molar-refractivity contribution >= 4 is 11.6 Å². The molecule has 5 heteroatoms. The van der Waals surface area contributed by atoms with Crippen LogP contribution in [0.1, 0.15) is 43.5 Å². The summed E-state index contributed by atoms with van der Waals surface area (Å²) in [5.41, 5.74) is 1.58. The number of aryl methyl sites for hydroxylation is 2. The molecular formula is C15H24ClN3O. The van der Waals surface area contributed by atoms with Crippen LogP contribution in [0.5, 0.6) is 0 Å². The van der Waals surface area contributed by atoms with Crippen molar-refractivity contribution in [1.82, 2.24) is 14.7 Å². The second-order valence-electron chi connectivity index (χ2n) is 6.50. The number of aliphatic hydroxyl groups is 1. The van der Waals surface area contributed by atoms with Gasteiger partial charge in [0.15, 0.2) is 0 Å². The summed E-state index contributed by atoms with van der Waals surface area (Å²) in [6.07, 6.45) is 5.47. The second kappa shape index (κ2) is 5.32. The second-order valence-corrected chi connectivity index (χ2v) is 6.88. The van der Waals surface area contributed by atoms with Crippen molar-refractivity contribution in [3.8, 4) is 0 Å². The topological polar surface area (TPSA) is 41.3 Å². The van der Waals surface area contributed by atoms with Gasteiger partial charge in [-0.05, 0) is 26.2 Å². The number of aromatic nitrogens is 2. The van der Waals surface area contributed by atoms with Crippen LogP contribution in [-0.4, -0.2) is 38.5 Å². The van der Waals surface area contributed by atoms with Crippen LogP contribution < -0.4 is 0 Å². The molecule has 4 nitrogen and oxygen atoms in total. The van der Waals surface area contributed by atoms with Gasteiger partial charge in [-0.3, -0.25) is 9.58 Å². The van der Waals surface area contributed by atoms with Gasteiger partial charge in [0.05, 0.1) is 22.0 Å². The van der Waals surface area contributed by atoms with Crippen molar-refractivity contribution in [3.05, 3.63) is 16.4 Å². The molecular weight excluding hydrogens is 274 g/mol. The van der Waals surface area contributed by atoms with E-state index in [0.29, 0.717) is 5.92 Å². The summed E-state index contributed by atoms with van der Waals surface area (Å²) in [7, 11) is 1.95. The monoisotopic (exact) mass is 297 g/mol. The first-order valence-corrected chi connectivity index (χ1v) is 8.00. The molecule has 0 bridgehead atoms. The van der Waals surface area contributed by atoms with E-state index in [9.17, 15) is 5.11 Å². The lowest BCUT2D eigenvalue weighted by Gasteiger charge is -2.47. The molecule has 1 aliphatic heterocycles. The third-order valence-electron chi connectivity index (χ3n) is 5.15. The van der Waals surface area contributed by atoms with Crippen molar-refractivity contribution in [1.29, 1.82) is 0 Å². The molecule has 2 unspecified atom stereocenters. The van der Waals surface area contributed by atoms with Gasteiger partial charge < -0.3 is 5.11 Å². The molecule has 2 aliphatic rings. The Morgan fingerprint density at radius 3 is 2.90 bits per heavy atom. The highest BCUT2D eigenvalue weighted by Crippen LogP contribution is 2.40. The van der Waals surface area contributed by atoms with Gasteiger partial charge in [-0.15, -0.1) is 0 Å². The zero-order valence-corrected chi connectivity index (χ0v) is 13.2. The van der Waals surface area contributed by atoms with Gasteiger partial charge in [-0.2, -0.15) is 5.10 Å². The quantitative estimate of drug-likeness (QED) is 0.912. The fourth-order valence-corrected chi connectivity index (χ4v) is 4.07. The Balaban J connectivity index is 1.71. The Kier molecular flexibility index (Phi) is 3.82. The van der Waals surface area contributed by atoms with Crippen LogP contribution in [0.3, 0.4) is 0 Å². The highest BCUT2D eigenvalue weighted by molar-refractivity contribution is 6.31. The molecule has 1 aromatic rings. The van der Waals surface area contributed by atoms with Crippen molar-refractivity contribution < 1.29 is 5.11 Å². The van der Waals surface area contributed by atoms with Gasteiger partial charge in [0.1, 0.15) is 0 Å². The largest absolute Gasteiger partial charge is 0.390 e. The molecule has 1 N–H and O–H groups in total. The molecule has 1 saturated carbocycles. The average Bonchev–Trinajstić information content (AvgIpc) is 2.65. The summed E-state index contributed by atoms with van der Waals surface area (Å²) in [6.45, 7) is 4.72. The lowest BCUT2D eigenvalue weighted by molar-refractivity contribution is -0.0970. The Morgan fingerprint density at radius 1 is 1.40 bits per heavy atom. The van der Waals surface area contributed by atoms with E-state index in [4.69, 9.17) is 11.6 Å². The Hall–Kier alpha value is -0.580. The van der Waals surface area contributed by atoms with E-state index in [0.717, 1.165) is 55.3 Å². The lowest BCUT2D eigenvalue weighted by atomic mass is 9.71. The van der Waals surface area contributed by atoms with E-state index in [1.807, 2.05) is 18.7 Å². The van der Waals surface area contributed by atoms with E-state index in [-0.39, 0.29) is 0 Å². The maximum Gasteiger partial charge on any atom is 0.0860 e. The summed E-state index contributed by atoms with van der Waals surface area (Å²) in [5, 5.41) is 15.9. The molecule has 0 aromatic carbocycles. The van der Waals surface area contributed by atoms with Gasteiger partial charge >= 0.3 is 0 Å². The summed E-state index contributed by atoms with van der Waals surface area (Å²) < 4.78 is 1.89. The third-order valence-corrected chi connectivity index (χ3v) is 5.64. The smallest absolute Gasteiger partial charge is 0.0860 e. The minimum absolute atomic E-state index is 0.402. The van der Waals surface area contributed by atoms with Crippen LogP contribution in [0.2, 0.25) is 5.02 Å². The molecule has 112 valence electrons. The highest BCUT2D eigenvalue weighted by Gasteiger charge is 2.42. The predicted octanol–water partition coefficient (Wildman–Crippen LogP) is 2.51. The average molecular weight is 298 g/mol. The number of halogens is 1. The van der Waals surface area contributed by atoms with Crippen LogP contribution in [0, 0.1) is 12.8 Å². The molecule has 1 saturated heterocycles. The molecule has 0 radical (unpaired) electrons. The van der Waals surface area contributed by atoms with Crippen LogP contribution in [-0.2, 0) is 13.6 Å². The van der Waals surface area contributed by atoms with E-state index < -0.39 is 5.60 Å². The number of rotatable bonds is 2. The van der Waals surface area contributed by atoms with Crippen LogP contribution in [0.15, 0.2) is 0 Å². The van der Waals surface area contributed by atoms with Crippen molar-refractivity contribution in [2.24, 2.45) is 13.0 Å². The molecule has 1 aromatic heterocycles. The van der Waals surface area contributed by atoms with Crippen LogP contribution in [0.25, 0.3) is 0 Å². The first-order chi connectivity index (χ1) is 9.49. The first kappa shape index (κ1) is 14.4. The molecule has 2 fully saturated rings. The number of likely N-dealkylation sites (tertiary alicyclic amines) is 1. The van der Waals surface area contributed by atoms with E-state index in [2.05, 4.69) is 10.00 Å². The normalized spacial score (nSPS) is 31.3. The van der Waals surface area contributed by atoms with E-state index in [1.165, 1.54) is 12.8 Å². The van der Waals surface area contributed by atoms with E-state index in [1.54, 1.807) is 0 Å². The number of hydrogen-bond acceptors (Lipinski definition) is 3. The van der Waals surface area contributed by atoms with Crippen molar-refractivity contribution in [2.75, 3.05) is 13.1 Å². The molecule has 2 atom stereocenters. The Morgan fingerprint density at radius 2 is 2.20 bits per heavy atom. The number of piperidine rings is 1. The zero-order valence-electron chi connectivity index (χ0n) is 12.4. The minimum Gasteiger partial charge on any atom is -0.390 e. The minimum atomic E-state index is -0.402. The summed E-state index contributed by atoms with van der Waals surface area (Å²) in [5.74, 6) is 0.429. The van der Waals surface area contributed by atoms with Gasteiger partial charge in [0.25, 0.3) is 0 Å². The molecule has 3 rings (SSSR count). The molecule has 0 amide bonds. The first-order valence-electron chi connectivity index (χ1n) is 7.62. The van der Waals surface area contributed by atoms with Crippen LogP contribution in [0.4, 0.5) is 0 Å². The van der Waals surface area contributed by atoms with Gasteiger partial charge in [0.2, 0.25) is 0 Å². The summed E-state index contributed by atoms with van der Waals surface area (Å²) in [4.78, 5) is 2.42. The fraction of sp³-hybridized carbons (Fsp3) is 0.800. The molecule has 0 spiro atoms. The number of nitrogens with zero attached hydrogens (tertiary/aromatic N) is 3. The number of hydrogen-bond donors (Lipinski definition) is 1. The number of fused-ring (bicyclic) bond motifs is 1. The van der Waals surface area contributed by atoms with Crippen molar-refractivity contribution in [3.63, 3.8) is 0 Å². The third kappa shape index (κ3) is 2.49. The standard InChI is InChI=1S/C15H24ClN3O/c1-11-14(16)13(18(2)17-11)10-19-8-7-15(20)6-4-3-5-12(15)9-19/h12,20H,3-10H2,1-2H3.